The van der Waals surface area contributed by atoms with Gasteiger partial charge in [0.1, 0.15) is 0 Å². The van der Waals surface area contributed by atoms with Crippen LogP contribution in [-0.2, 0) is 16.1 Å². The van der Waals surface area contributed by atoms with Crippen LogP contribution >= 0.6 is 11.6 Å². The fraction of sp³-hybridized carbons (Fsp3) is 0.480. The van der Waals surface area contributed by atoms with Crippen molar-refractivity contribution in [3.8, 4) is 11.5 Å². The molecule has 2 aromatic rings. The first-order valence-corrected chi connectivity index (χ1v) is 11.9. The van der Waals surface area contributed by atoms with Crippen LogP contribution in [-0.4, -0.2) is 63.4 Å². The van der Waals surface area contributed by atoms with Gasteiger partial charge in [-0.1, -0.05) is 29.3 Å². The Bertz CT molecular complexity index is 886. The highest BCUT2D eigenvalue weighted by Gasteiger charge is 2.15. The maximum atomic E-state index is 12.3. The van der Waals surface area contributed by atoms with Crippen molar-refractivity contribution in [2.24, 2.45) is 0 Å². The van der Waals surface area contributed by atoms with Crippen LogP contribution in [0, 0.1) is 6.92 Å². The lowest BCUT2D eigenvalue weighted by Crippen LogP contribution is -2.37. The van der Waals surface area contributed by atoms with Gasteiger partial charge in [0.25, 0.3) is 5.91 Å². The third kappa shape index (κ3) is 8.51. The van der Waals surface area contributed by atoms with E-state index in [1.807, 2.05) is 50.2 Å². The maximum absolute atomic E-state index is 12.3. The standard InChI is InChI=1S/C25H34ClN3O4/c1-3-32-23-16-20(17-27-9-4-10-29-11-13-31-14-12-29)15-22(26)25(23)33-18-24(30)28-21-7-5-19(2)6-8-21/h5-8,15-16,27H,3-4,9-14,17-18H2,1-2H3,(H,28,30). The number of amides is 1. The minimum Gasteiger partial charge on any atom is -0.490 e. The van der Waals surface area contributed by atoms with Gasteiger partial charge in [0, 0.05) is 25.3 Å². The first-order chi connectivity index (χ1) is 16.0. The van der Waals surface area contributed by atoms with Gasteiger partial charge in [-0.2, -0.15) is 0 Å². The molecule has 7 nitrogen and oxygen atoms in total. The molecule has 0 unspecified atom stereocenters. The topological polar surface area (TPSA) is 72.1 Å². The molecule has 0 saturated carbocycles. The summed E-state index contributed by atoms with van der Waals surface area (Å²) in [5, 5.41) is 6.70. The second kappa shape index (κ2) is 13.4. The lowest BCUT2D eigenvalue weighted by molar-refractivity contribution is -0.118. The molecule has 1 saturated heterocycles. The van der Waals surface area contributed by atoms with E-state index in [0.29, 0.717) is 29.7 Å². The fourth-order valence-corrected chi connectivity index (χ4v) is 3.87. The fourth-order valence-electron chi connectivity index (χ4n) is 3.58. The molecular formula is C25H34ClN3O4. The molecule has 0 spiro atoms. The number of ether oxygens (including phenoxy) is 3. The molecule has 1 heterocycles. The maximum Gasteiger partial charge on any atom is 0.262 e. The first kappa shape index (κ1) is 25.3. The number of nitrogens with one attached hydrogen (secondary N) is 2. The number of anilines is 1. The zero-order valence-corrected chi connectivity index (χ0v) is 20.2. The molecular weight excluding hydrogens is 442 g/mol. The van der Waals surface area contributed by atoms with Crippen LogP contribution in [0.1, 0.15) is 24.5 Å². The highest BCUT2D eigenvalue weighted by molar-refractivity contribution is 6.32. The summed E-state index contributed by atoms with van der Waals surface area (Å²) in [5.74, 6) is 0.662. The molecule has 0 radical (unpaired) electrons. The third-order valence-electron chi connectivity index (χ3n) is 5.31. The number of hydrogen-bond acceptors (Lipinski definition) is 6. The quantitative estimate of drug-likeness (QED) is 0.454. The van der Waals surface area contributed by atoms with Crippen LogP contribution in [0.5, 0.6) is 11.5 Å². The summed E-state index contributed by atoms with van der Waals surface area (Å²) in [6.45, 7) is 10.5. The molecule has 180 valence electrons. The van der Waals surface area contributed by atoms with Crippen LogP contribution in [0.2, 0.25) is 5.02 Å². The summed E-state index contributed by atoms with van der Waals surface area (Å²) in [7, 11) is 0. The molecule has 1 aliphatic heterocycles. The van der Waals surface area contributed by atoms with Crippen molar-refractivity contribution in [1.29, 1.82) is 0 Å². The molecule has 0 aromatic heterocycles. The Balaban J connectivity index is 1.49. The lowest BCUT2D eigenvalue weighted by atomic mass is 10.2. The van der Waals surface area contributed by atoms with Crippen molar-refractivity contribution in [1.82, 2.24) is 10.2 Å². The van der Waals surface area contributed by atoms with E-state index in [-0.39, 0.29) is 12.5 Å². The molecule has 33 heavy (non-hydrogen) atoms. The highest BCUT2D eigenvalue weighted by Crippen LogP contribution is 2.36. The Morgan fingerprint density at radius 1 is 1.15 bits per heavy atom. The SMILES string of the molecule is CCOc1cc(CNCCCN2CCOCC2)cc(Cl)c1OCC(=O)Nc1ccc(C)cc1. The van der Waals surface area contributed by atoms with E-state index in [4.69, 9.17) is 25.8 Å². The Morgan fingerprint density at radius 3 is 2.64 bits per heavy atom. The van der Waals surface area contributed by atoms with E-state index >= 15 is 0 Å². The van der Waals surface area contributed by atoms with Crippen molar-refractivity contribution in [2.75, 3.05) is 57.9 Å². The number of carbonyl (C=O) groups is 1. The lowest BCUT2D eigenvalue weighted by Gasteiger charge is -2.26. The predicted octanol–water partition coefficient (Wildman–Crippen LogP) is 3.88. The van der Waals surface area contributed by atoms with Gasteiger partial charge in [0.2, 0.25) is 0 Å². The van der Waals surface area contributed by atoms with Gasteiger partial charge in [-0.25, -0.2) is 0 Å². The number of benzene rings is 2. The van der Waals surface area contributed by atoms with Crippen molar-refractivity contribution >= 4 is 23.2 Å². The second-order valence-electron chi connectivity index (χ2n) is 8.03. The van der Waals surface area contributed by atoms with E-state index in [1.165, 1.54) is 0 Å². The van der Waals surface area contributed by atoms with Crippen LogP contribution in [0.15, 0.2) is 36.4 Å². The molecule has 2 N–H and O–H groups in total. The van der Waals surface area contributed by atoms with Crippen molar-refractivity contribution in [3.63, 3.8) is 0 Å². The Hall–Kier alpha value is -2.32. The van der Waals surface area contributed by atoms with Crippen molar-refractivity contribution < 1.29 is 19.0 Å². The van der Waals surface area contributed by atoms with Gasteiger partial charge in [0.05, 0.1) is 24.8 Å². The van der Waals surface area contributed by atoms with Crippen molar-refractivity contribution in [3.05, 3.63) is 52.5 Å². The van der Waals surface area contributed by atoms with E-state index in [2.05, 4.69) is 15.5 Å². The summed E-state index contributed by atoms with van der Waals surface area (Å²) in [4.78, 5) is 14.7. The van der Waals surface area contributed by atoms with Gasteiger partial charge in [0.15, 0.2) is 18.1 Å². The summed E-state index contributed by atoms with van der Waals surface area (Å²) in [6, 6.07) is 11.4. The number of aryl methyl sites for hydroxylation is 1. The van der Waals surface area contributed by atoms with Gasteiger partial charge in [-0.3, -0.25) is 9.69 Å². The zero-order chi connectivity index (χ0) is 23.5. The summed E-state index contributed by atoms with van der Waals surface area (Å²) < 4.78 is 16.9. The smallest absolute Gasteiger partial charge is 0.262 e. The van der Waals surface area contributed by atoms with Gasteiger partial charge in [-0.15, -0.1) is 0 Å². The third-order valence-corrected chi connectivity index (χ3v) is 5.59. The summed E-state index contributed by atoms with van der Waals surface area (Å²) in [5.41, 5.74) is 2.86. The number of hydrogen-bond donors (Lipinski definition) is 2. The molecule has 8 heteroatoms. The first-order valence-electron chi connectivity index (χ1n) is 11.5. The molecule has 2 aromatic carbocycles. The second-order valence-corrected chi connectivity index (χ2v) is 8.43. The van der Waals surface area contributed by atoms with Crippen LogP contribution in [0.3, 0.4) is 0 Å². The van der Waals surface area contributed by atoms with Crippen LogP contribution < -0.4 is 20.1 Å². The number of nitrogens with zero attached hydrogens (tertiary/aromatic N) is 1. The van der Waals surface area contributed by atoms with Crippen LogP contribution in [0.4, 0.5) is 5.69 Å². The molecule has 1 fully saturated rings. The minimum absolute atomic E-state index is 0.160. The molecule has 0 aliphatic carbocycles. The summed E-state index contributed by atoms with van der Waals surface area (Å²) >= 11 is 6.49. The van der Waals surface area contributed by atoms with Crippen molar-refractivity contribution in [2.45, 2.75) is 26.8 Å². The molecule has 0 bridgehead atoms. The Labute approximate surface area is 201 Å². The van der Waals surface area contributed by atoms with E-state index in [9.17, 15) is 4.79 Å². The monoisotopic (exact) mass is 475 g/mol. The molecule has 3 rings (SSSR count). The van der Waals surface area contributed by atoms with Gasteiger partial charge in [-0.05, 0) is 63.2 Å². The minimum atomic E-state index is -0.261. The van der Waals surface area contributed by atoms with E-state index in [0.717, 1.165) is 62.6 Å². The number of rotatable bonds is 12. The molecule has 0 atom stereocenters. The van der Waals surface area contributed by atoms with E-state index < -0.39 is 0 Å². The zero-order valence-electron chi connectivity index (χ0n) is 19.5. The highest BCUT2D eigenvalue weighted by atomic mass is 35.5. The van der Waals surface area contributed by atoms with Gasteiger partial charge >= 0.3 is 0 Å². The molecule has 1 aliphatic rings. The number of halogens is 1. The Morgan fingerprint density at radius 2 is 1.91 bits per heavy atom. The number of morpholine rings is 1. The summed E-state index contributed by atoms with van der Waals surface area (Å²) in [6.07, 6.45) is 1.07. The largest absolute Gasteiger partial charge is 0.490 e. The number of carbonyl (C=O) groups excluding carboxylic acids is 1. The average molecular weight is 476 g/mol. The van der Waals surface area contributed by atoms with Gasteiger partial charge < -0.3 is 24.8 Å². The predicted molar refractivity (Wildman–Crippen MR) is 132 cm³/mol. The normalized spacial score (nSPS) is 14.2. The average Bonchev–Trinajstić information content (AvgIpc) is 2.81. The Kier molecular flexibility index (Phi) is 10.3. The molecule has 1 amide bonds. The van der Waals surface area contributed by atoms with E-state index in [1.54, 1.807) is 0 Å². The van der Waals surface area contributed by atoms with Crippen LogP contribution in [0.25, 0.3) is 0 Å².